The predicted molar refractivity (Wildman–Crippen MR) is 97.8 cm³/mol. The second-order valence-electron chi connectivity index (χ2n) is 5.49. The lowest BCUT2D eigenvalue weighted by atomic mass is 10.1. The van der Waals surface area contributed by atoms with Crippen molar-refractivity contribution in [2.75, 3.05) is 43.1 Å². The first-order chi connectivity index (χ1) is 12.0. The number of anilines is 2. The molecule has 0 saturated carbocycles. The Bertz CT molecular complexity index is 785. The van der Waals surface area contributed by atoms with Crippen molar-refractivity contribution in [2.24, 2.45) is 5.73 Å². The average molecular weight is 381 g/mol. The molecule has 25 heavy (non-hydrogen) atoms. The highest BCUT2D eigenvalue weighted by Gasteiger charge is 2.24. The summed E-state index contributed by atoms with van der Waals surface area (Å²) >= 11 is 7.27. The van der Waals surface area contributed by atoms with E-state index in [1.165, 1.54) is 18.4 Å². The molecule has 1 aromatic carbocycles. The van der Waals surface area contributed by atoms with E-state index >= 15 is 0 Å². The van der Waals surface area contributed by atoms with Gasteiger partial charge in [0.25, 0.3) is 0 Å². The van der Waals surface area contributed by atoms with Gasteiger partial charge < -0.3 is 20.3 Å². The maximum atomic E-state index is 11.6. The van der Waals surface area contributed by atoms with Gasteiger partial charge in [0.1, 0.15) is 0 Å². The number of hydrogen-bond donors (Lipinski definition) is 1. The molecule has 3 rings (SSSR count). The van der Waals surface area contributed by atoms with Crippen molar-refractivity contribution >= 4 is 45.6 Å². The number of methoxy groups -OCH3 is 1. The minimum atomic E-state index is -0.470. The summed E-state index contributed by atoms with van der Waals surface area (Å²) in [5.74, 6) is -0.902. The van der Waals surface area contributed by atoms with E-state index in [4.69, 9.17) is 22.1 Å². The number of nitrogens with zero attached hydrogens (tertiary/aromatic N) is 3. The molecule has 9 heteroatoms. The van der Waals surface area contributed by atoms with Crippen LogP contribution in [-0.4, -0.2) is 50.1 Å². The zero-order valence-electron chi connectivity index (χ0n) is 13.6. The Hall–Kier alpha value is -2.32. The number of thiazole rings is 1. The molecule has 2 N–H and O–H groups in total. The summed E-state index contributed by atoms with van der Waals surface area (Å²) in [7, 11) is 1.32. The second-order valence-corrected chi connectivity index (χ2v) is 6.83. The van der Waals surface area contributed by atoms with Gasteiger partial charge in [0.2, 0.25) is 5.91 Å². The Morgan fingerprint density at radius 1 is 1.16 bits per heavy atom. The molecule has 1 fully saturated rings. The van der Waals surface area contributed by atoms with Crippen LogP contribution in [0.1, 0.15) is 20.0 Å². The molecule has 132 valence electrons. The highest BCUT2D eigenvalue weighted by Crippen LogP contribution is 2.31. The zero-order valence-corrected chi connectivity index (χ0v) is 15.1. The van der Waals surface area contributed by atoms with Gasteiger partial charge in [0.15, 0.2) is 15.2 Å². The number of amides is 1. The molecule has 1 aliphatic heterocycles. The third-order valence-corrected chi connectivity index (χ3v) is 5.49. The SMILES string of the molecule is COC(=O)c1sc(N2CCN(c3ccc(C(N)=O)cc3)CC2)nc1Cl. The number of hydrogen-bond acceptors (Lipinski definition) is 7. The number of piperazine rings is 1. The molecule has 0 aliphatic carbocycles. The molecule has 0 radical (unpaired) electrons. The molecule has 1 amide bonds. The van der Waals surface area contributed by atoms with Crippen molar-refractivity contribution in [1.82, 2.24) is 4.98 Å². The molecule has 0 atom stereocenters. The molecule has 0 unspecified atom stereocenters. The number of nitrogens with two attached hydrogens (primary N) is 1. The first kappa shape index (κ1) is 17.5. The molecule has 2 heterocycles. The van der Waals surface area contributed by atoms with Gasteiger partial charge in [-0.2, -0.15) is 0 Å². The zero-order chi connectivity index (χ0) is 18.0. The number of halogens is 1. The van der Waals surface area contributed by atoms with Crippen LogP contribution < -0.4 is 15.5 Å². The lowest BCUT2D eigenvalue weighted by molar-refractivity contribution is 0.0606. The fourth-order valence-corrected chi connectivity index (χ4v) is 3.89. The van der Waals surface area contributed by atoms with Crippen LogP contribution in [-0.2, 0) is 4.74 Å². The van der Waals surface area contributed by atoms with E-state index in [-0.39, 0.29) is 5.15 Å². The largest absolute Gasteiger partial charge is 0.465 e. The van der Waals surface area contributed by atoms with Crippen molar-refractivity contribution in [3.05, 3.63) is 39.9 Å². The van der Waals surface area contributed by atoms with Crippen LogP contribution in [0.2, 0.25) is 5.15 Å². The van der Waals surface area contributed by atoms with Crippen LogP contribution in [0, 0.1) is 0 Å². The summed E-state index contributed by atoms with van der Waals surface area (Å²) in [6.45, 7) is 3.09. The van der Waals surface area contributed by atoms with Gasteiger partial charge in [-0.25, -0.2) is 9.78 Å². The van der Waals surface area contributed by atoms with E-state index in [0.717, 1.165) is 31.9 Å². The Morgan fingerprint density at radius 3 is 2.32 bits per heavy atom. The van der Waals surface area contributed by atoms with Crippen molar-refractivity contribution in [3.8, 4) is 0 Å². The van der Waals surface area contributed by atoms with Crippen LogP contribution in [0.5, 0.6) is 0 Å². The quantitative estimate of drug-likeness (QED) is 0.816. The van der Waals surface area contributed by atoms with Crippen LogP contribution in [0.3, 0.4) is 0 Å². The number of rotatable bonds is 4. The highest BCUT2D eigenvalue weighted by atomic mass is 35.5. The molecule has 0 bridgehead atoms. The summed E-state index contributed by atoms with van der Waals surface area (Å²) < 4.78 is 4.71. The highest BCUT2D eigenvalue weighted by molar-refractivity contribution is 7.18. The van der Waals surface area contributed by atoms with Gasteiger partial charge in [-0.05, 0) is 24.3 Å². The molecular weight excluding hydrogens is 364 g/mol. The summed E-state index contributed by atoms with van der Waals surface area (Å²) in [6.07, 6.45) is 0. The number of carbonyl (C=O) groups is 2. The standard InChI is InChI=1S/C16H17ClN4O3S/c1-24-15(23)12-13(17)19-16(25-12)21-8-6-20(7-9-21)11-4-2-10(3-5-11)14(18)22/h2-5H,6-9H2,1H3,(H2,18,22). The van der Waals surface area contributed by atoms with E-state index in [9.17, 15) is 9.59 Å². The van der Waals surface area contributed by atoms with Gasteiger partial charge >= 0.3 is 5.97 Å². The van der Waals surface area contributed by atoms with E-state index in [2.05, 4.69) is 14.8 Å². The van der Waals surface area contributed by atoms with E-state index in [1.807, 2.05) is 12.1 Å². The Morgan fingerprint density at radius 2 is 1.76 bits per heavy atom. The van der Waals surface area contributed by atoms with Crippen LogP contribution in [0.15, 0.2) is 24.3 Å². The van der Waals surface area contributed by atoms with E-state index < -0.39 is 11.9 Å². The third kappa shape index (κ3) is 3.69. The van der Waals surface area contributed by atoms with Gasteiger partial charge in [-0.3, -0.25) is 4.79 Å². The molecule has 1 aliphatic rings. The number of ether oxygens (including phenoxy) is 1. The van der Waals surface area contributed by atoms with Gasteiger partial charge in [-0.1, -0.05) is 22.9 Å². The predicted octanol–water partition coefficient (Wildman–Crippen LogP) is 2.01. The van der Waals surface area contributed by atoms with Crippen LogP contribution >= 0.6 is 22.9 Å². The van der Waals surface area contributed by atoms with Gasteiger partial charge in [0.05, 0.1) is 7.11 Å². The summed E-state index contributed by atoms with van der Waals surface area (Å²) in [4.78, 5) is 31.7. The summed E-state index contributed by atoms with van der Waals surface area (Å²) in [5.41, 5.74) is 6.80. The van der Waals surface area contributed by atoms with Crippen molar-refractivity contribution in [3.63, 3.8) is 0 Å². The van der Waals surface area contributed by atoms with Crippen molar-refractivity contribution in [2.45, 2.75) is 0 Å². The molecule has 2 aromatic rings. The maximum absolute atomic E-state index is 11.6. The fraction of sp³-hybridized carbons (Fsp3) is 0.312. The molecule has 1 aromatic heterocycles. The lowest BCUT2D eigenvalue weighted by Gasteiger charge is -2.36. The number of benzene rings is 1. The Kier molecular flexibility index (Phi) is 5.10. The summed E-state index contributed by atoms with van der Waals surface area (Å²) in [5, 5.41) is 0.894. The van der Waals surface area contributed by atoms with E-state index in [0.29, 0.717) is 15.6 Å². The van der Waals surface area contributed by atoms with Crippen molar-refractivity contribution in [1.29, 1.82) is 0 Å². The van der Waals surface area contributed by atoms with Gasteiger partial charge in [-0.15, -0.1) is 0 Å². The normalized spacial score (nSPS) is 14.5. The molecule has 0 spiro atoms. The number of esters is 1. The number of carbonyl (C=O) groups excluding carboxylic acids is 2. The monoisotopic (exact) mass is 380 g/mol. The Labute approximate surface area is 153 Å². The average Bonchev–Trinajstić information content (AvgIpc) is 3.03. The number of primary amides is 1. The minimum Gasteiger partial charge on any atom is -0.465 e. The first-order valence-corrected chi connectivity index (χ1v) is 8.83. The topological polar surface area (TPSA) is 88.8 Å². The number of aromatic nitrogens is 1. The van der Waals surface area contributed by atoms with Crippen LogP contribution in [0.25, 0.3) is 0 Å². The first-order valence-electron chi connectivity index (χ1n) is 7.64. The maximum Gasteiger partial charge on any atom is 0.351 e. The third-order valence-electron chi connectivity index (χ3n) is 4.01. The summed E-state index contributed by atoms with van der Waals surface area (Å²) in [6, 6.07) is 7.25. The van der Waals surface area contributed by atoms with Gasteiger partial charge in [0, 0.05) is 37.4 Å². The van der Waals surface area contributed by atoms with E-state index in [1.54, 1.807) is 12.1 Å². The lowest BCUT2D eigenvalue weighted by Crippen LogP contribution is -2.46. The molecular formula is C16H17ClN4O3S. The fourth-order valence-electron chi connectivity index (χ4n) is 2.64. The molecule has 7 nitrogen and oxygen atoms in total. The molecule has 1 saturated heterocycles. The van der Waals surface area contributed by atoms with Crippen LogP contribution in [0.4, 0.5) is 10.8 Å². The smallest absolute Gasteiger partial charge is 0.351 e. The Balaban J connectivity index is 1.65. The second kappa shape index (κ2) is 7.28. The van der Waals surface area contributed by atoms with Crippen molar-refractivity contribution < 1.29 is 14.3 Å². The minimum absolute atomic E-state index is 0.177.